The van der Waals surface area contributed by atoms with Gasteiger partial charge in [0, 0.05) is 36.3 Å². The van der Waals surface area contributed by atoms with Crippen LogP contribution < -0.4 is 0 Å². The lowest BCUT2D eigenvalue weighted by Gasteiger charge is -2.65. The summed E-state index contributed by atoms with van der Waals surface area (Å²) in [5.41, 5.74) is 0. The van der Waals surface area contributed by atoms with Crippen molar-refractivity contribution in [2.24, 2.45) is 82.9 Å². The lowest BCUT2D eigenvalue weighted by atomic mass is 9.46. The first kappa shape index (κ1) is 50.3. The summed E-state index contributed by atoms with van der Waals surface area (Å²) in [6, 6.07) is 5.15. The average Bonchev–Trinajstić information content (AvgIpc) is 3.28. The molecule has 0 aromatic carbocycles. The minimum atomic E-state index is 0.834. The van der Waals surface area contributed by atoms with Gasteiger partial charge in [0.1, 0.15) is 0 Å². The minimum absolute atomic E-state index is 0.834. The second kappa shape index (κ2) is 24.2. The highest BCUT2D eigenvalue weighted by Gasteiger charge is 2.59. The maximum atomic E-state index is 3.47. The van der Waals surface area contributed by atoms with E-state index in [0.717, 1.165) is 119 Å². The molecule has 0 aromatic heterocycles. The van der Waals surface area contributed by atoms with E-state index >= 15 is 0 Å². The molecular formula is C62H112N2. The highest BCUT2D eigenvalue weighted by atomic mass is 15.2. The molecule has 0 radical (unpaired) electrons. The van der Waals surface area contributed by atoms with Gasteiger partial charge in [-0.3, -0.25) is 9.80 Å². The number of nitrogens with zero attached hydrogens (tertiary/aromatic N) is 2. The summed E-state index contributed by atoms with van der Waals surface area (Å²) < 4.78 is 0. The predicted octanol–water partition coefficient (Wildman–Crippen LogP) is 18.0. The topological polar surface area (TPSA) is 6.48 Å². The van der Waals surface area contributed by atoms with Gasteiger partial charge >= 0.3 is 0 Å². The van der Waals surface area contributed by atoms with E-state index in [4.69, 9.17) is 0 Å². The molecule has 0 spiro atoms. The van der Waals surface area contributed by atoms with E-state index < -0.39 is 0 Å². The van der Waals surface area contributed by atoms with Crippen molar-refractivity contribution in [1.82, 2.24) is 9.80 Å². The Morgan fingerprint density at radius 3 is 1.03 bits per heavy atom. The zero-order valence-electron chi connectivity index (χ0n) is 44.5. The molecule has 0 aromatic rings. The Labute approximate surface area is 400 Å². The van der Waals surface area contributed by atoms with Crippen LogP contribution in [0.5, 0.6) is 0 Å². The first-order valence-corrected chi connectivity index (χ1v) is 30.7. The molecule has 8 saturated carbocycles. The van der Waals surface area contributed by atoms with Crippen molar-refractivity contribution in [2.45, 2.75) is 310 Å². The van der Waals surface area contributed by atoms with E-state index in [-0.39, 0.29) is 0 Å². The second-order valence-corrected chi connectivity index (χ2v) is 26.8. The number of hydrogen-bond acceptors (Lipinski definition) is 2. The molecule has 12 atom stereocenters. The van der Waals surface area contributed by atoms with Crippen LogP contribution in [-0.2, 0) is 0 Å². The Morgan fingerprint density at radius 1 is 0.344 bits per heavy atom. The predicted molar refractivity (Wildman–Crippen MR) is 278 cm³/mol. The van der Waals surface area contributed by atoms with Gasteiger partial charge in [0.15, 0.2) is 0 Å². The molecule has 8 fully saturated rings. The van der Waals surface area contributed by atoms with Crippen LogP contribution in [-0.4, -0.2) is 46.1 Å². The van der Waals surface area contributed by atoms with Crippen molar-refractivity contribution in [2.75, 3.05) is 0 Å². The highest BCUT2D eigenvalue weighted by Crippen LogP contribution is 2.63. The maximum Gasteiger partial charge on any atom is 0.0153 e. The monoisotopic (exact) mass is 885 g/mol. The zero-order valence-corrected chi connectivity index (χ0v) is 44.5. The first-order valence-electron chi connectivity index (χ1n) is 30.7. The van der Waals surface area contributed by atoms with Gasteiger partial charge in [-0.05, 0) is 211 Å². The highest BCUT2D eigenvalue weighted by molar-refractivity contribution is 5.11. The maximum absolute atomic E-state index is 3.47. The fourth-order valence-electron chi connectivity index (χ4n) is 19.6. The average molecular weight is 886 g/mol. The summed E-state index contributed by atoms with van der Waals surface area (Å²) in [7, 11) is 0. The molecule has 0 bridgehead atoms. The lowest BCUT2D eigenvalue weighted by molar-refractivity contribution is -0.160. The van der Waals surface area contributed by atoms with Gasteiger partial charge in [-0.15, -0.1) is 0 Å². The summed E-state index contributed by atoms with van der Waals surface area (Å²) in [5, 5.41) is 0. The summed E-state index contributed by atoms with van der Waals surface area (Å²) in [6.07, 6.45) is 51.1. The third kappa shape index (κ3) is 11.7. The molecule has 8 aliphatic rings. The molecule has 0 aliphatic heterocycles. The molecule has 0 heterocycles. The van der Waals surface area contributed by atoms with Crippen LogP contribution in [0.3, 0.4) is 0 Å². The molecule has 8 aliphatic carbocycles. The van der Waals surface area contributed by atoms with Crippen LogP contribution in [0.25, 0.3) is 0 Å². The lowest BCUT2D eigenvalue weighted by Crippen LogP contribution is -2.66. The summed E-state index contributed by atoms with van der Waals surface area (Å²) in [4.78, 5) is 6.94. The molecule has 370 valence electrons. The van der Waals surface area contributed by atoms with Crippen LogP contribution in [0.2, 0.25) is 0 Å². The number of unbranched alkanes of at least 4 members (excludes halogenated alkanes) is 10. The molecule has 0 amide bonds. The molecule has 8 rings (SSSR count). The van der Waals surface area contributed by atoms with Gasteiger partial charge in [0.25, 0.3) is 0 Å². The first-order chi connectivity index (χ1) is 31.2. The van der Waals surface area contributed by atoms with Crippen molar-refractivity contribution < 1.29 is 0 Å². The van der Waals surface area contributed by atoms with E-state index in [1.54, 1.807) is 51.4 Å². The zero-order chi connectivity index (χ0) is 44.7. The van der Waals surface area contributed by atoms with Crippen LogP contribution in [0.1, 0.15) is 274 Å². The van der Waals surface area contributed by atoms with Crippen molar-refractivity contribution in [3.05, 3.63) is 0 Å². The summed E-state index contributed by atoms with van der Waals surface area (Å²) in [6.45, 7) is 20.9. The van der Waals surface area contributed by atoms with Gasteiger partial charge in [0.2, 0.25) is 0 Å². The SMILES string of the molecule is CCCCCCCCC1CC(C)C(N(C2CCC(C)CC2)C2CCC3CCC4C5C(CCC2C35)CCC4N(C2CCC(C)CC2)C2C(C)CC(CCCCCCCC)CC2C)C(C)C1. The second-order valence-electron chi connectivity index (χ2n) is 26.8. The van der Waals surface area contributed by atoms with Gasteiger partial charge in [-0.2, -0.15) is 0 Å². The van der Waals surface area contributed by atoms with E-state index in [2.05, 4.69) is 65.2 Å². The van der Waals surface area contributed by atoms with Crippen LogP contribution >= 0.6 is 0 Å². The van der Waals surface area contributed by atoms with E-state index in [9.17, 15) is 0 Å². The molecule has 64 heavy (non-hydrogen) atoms. The Balaban J connectivity index is 1.01. The third-order valence-corrected chi connectivity index (χ3v) is 22.3. The van der Waals surface area contributed by atoms with E-state index in [0.29, 0.717) is 0 Å². The van der Waals surface area contributed by atoms with Gasteiger partial charge < -0.3 is 0 Å². The number of rotatable bonds is 20. The van der Waals surface area contributed by atoms with Crippen LogP contribution in [0.4, 0.5) is 0 Å². The molecule has 0 N–H and O–H groups in total. The Morgan fingerprint density at radius 2 is 0.672 bits per heavy atom. The fourth-order valence-corrected chi connectivity index (χ4v) is 19.6. The normalized spacial score (nSPS) is 45.1. The van der Waals surface area contributed by atoms with Crippen molar-refractivity contribution >= 4 is 0 Å². The quantitative estimate of drug-likeness (QED) is 0.112. The van der Waals surface area contributed by atoms with Gasteiger partial charge in [-0.1, -0.05) is 145 Å². The Hall–Kier alpha value is -0.0800. The van der Waals surface area contributed by atoms with Crippen LogP contribution in [0.15, 0.2) is 0 Å². The van der Waals surface area contributed by atoms with Crippen molar-refractivity contribution in [1.29, 1.82) is 0 Å². The van der Waals surface area contributed by atoms with Crippen molar-refractivity contribution in [3.63, 3.8) is 0 Å². The van der Waals surface area contributed by atoms with Gasteiger partial charge in [-0.25, -0.2) is 0 Å². The Kier molecular flexibility index (Phi) is 19.0. The summed E-state index contributed by atoms with van der Waals surface area (Å²) in [5.74, 6) is 13.5. The summed E-state index contributed by atoms with van der Waals surface area (Å²) >= 11 is 0. The molecule has 2 heteroatoms. The minimum Gasteiger partial charge on any atom is -0.294 e. The number of hydrogen-bond donors (Lipinski definition) is 0. The van der Waals surface area contributed by atoms with E-state index in [1.807, 2.05) is 0 Å². The standard InChI is InChI=1S/C62H112N2/c1-9-11-13-15-17-19-21-49-39-45(5)61(46(6)40-49)63(53-31-23-43(3)24-32-53)57-37-29-51-28-36-56-58(38-30-52-27-35-55(57)59(51)60(52)56)64(54-33-25-44(4)26-34-54)62-47(7)41-50(42-48(62)8)22-20-18-16-14-12-10-2/h43-62H,9-42H2,1-8H3. The fraction of sp³-hybridized carbons (Fsp3) is 1.00. The van der Waals surface area contributed by atoms with Gasteiger partial charge in [0.05, 0.1) is 0 Å². The molecule has 2 nitrogen and oxygen atoms in total. The van der Waals surface area contributed by atoms with Crippen molar-refractivity contribution in [3.8, 4) is 0 Å². The molecule has 12 unspecified atom stereocenters. The third-order valence-electron chi connectivity index (χ3n) is 22.3. The smallest absolute Gasteiger partial charge is 0.0153 e. The molecular weight excluding hydrogens is 773 g/mol. The molecule has 0 saturated heterocycles. The Bertz CT molecular complexity index is 1200. The largest absolute Gasteiger partial charge is 0.294 e. The van der Waals surface area contributed by atoms with E-state index in [1.165, 1.54) is 167 Å². The van der Waals surface area contributed by atoms with Crippen LogP contribution in [0, 0.1) is 82.9 Å².